The zero-order valence-corrected chi connectivity index (χ0v) is 15.3. The van der Waals surface area contributed by atoms with Crippen molar-refractivity contribution < 1.29 is 14.3 Å². The van der Waals surface area contributed by atoms with Crippen molar-refractivity contribution in [3.05, 3.63) is 22.8 Å². The molecule has 0 bridgehead atoms. The van der Waals surface area contributed by atoms with E-state index in [0.29, 0.717) is 13.1 Å². The summed E-state index contributed by atoms with van der Waals surface area (Å²) in [6.45, 7) is 6.63. The Labute approximate surface area is 143 Å². The summed E-state index contributed by atoms with van der Waals surface area (Å²) in [5.74, 6) is 0.734. The molecule has 1 aromatic heterocycles. The van der Waals surface area contributed by atoms with Crippen LogP contribution in [0.25, 0.3) is 10.9 Å². The van der Waals surface area contributed by atoms with Crippen molar-refractivity contribution in [2.75, 3.05) is 13.1 Å². The maximum Gasteiger partial charge on any atom is 0.410 e. The van der Waals surface area contributed by atoms with Gasteiger partial charge in [-0.15, -0.1) is 0 Å². The van der Waals surface area contributed by atoms with Crippen LogP contribution in [0.2, 0.25) is 0 Å². The molecule has 0 saturated carbocycles. The summed E-state index contributed by atoms with van der Waals surface area (Å²) < 4.78 is 14.1. The minimum Gasteiger partial charge on any atom is -0.484 e. The number of carbonyl (C=O) groups is 1. The summed E-state index contributed by atoms with van der Waals surface area (Å²) in [6, 6.07) is 3.85. The number of likely N-dealkylation sites (tertiary alicyclic amines) is 1. The van der Waals surface area contributed by atoms with Crippen LogP contribution in [0.3, 0.4) is 0 Å². The van der Waals surface area contributed by atoms with Crippen LogP contribution >= 0.6 is 15.9 Å². The predicted molar refractivity (Wildman–Crippen MR) is 90.6 cm³/mol. The number of aromatic nitrogens is 2. The third-order valence-corrected chi connectivity index (χ3v) is 4.19. The number of carbonyl (C=O) groups excluding carboxylic acids is 1. The van der Waals surface area contributed by atoms with E-state index in [-0.39, 0.29) is 12.2 Å². The van der Waals surface area contributed by atoms with Gasteiger partial charge in [0.15, 0.2) is 0 Å². The topological polar surface area (TPSA) is 56.6 Å². The first-order valence-electron chi connectivity index (χ1n) is 7.49. The summed E-state index contributed by atoms with van der Waals surface area (Å²) in [5.41, 5.74) is 0.340. The lowest BCUT2D eigenvalue weighted by atomic mass is 10.1. The van der Waals surface area contributed by atoms with E-state index in [1.165, 1.54) is 0 Å². The number of amides is 1. The Bertz CT molecular complexity index is 745. The lowest BCUT2D eigenvalue weighted by Gasteiger charge is -2.39. The molecule has 2 aromatic rings. The van der Waals surface area contributed by atoms with E-state index in [0.717, 1.165) is 21.1 Å². The molecule has 1 fully saturated rings. The Morgan fingerprint density at radius 3 is 2.70 bits per heavy atom. The van der Waals surface area contributed by atoms with Crippen LogP contribution < -0.4 is 4.74 Å². The summed E-state index contributed by atoms with van der Waals surface area (Å²) >= 11 is 3.52. The minimum absolute atomic E-state index is 0.0334. The number of rotatable bonds is 2. The van der Waals surface area contributed by atoms with Gasteiger partial charge >= 0.3 is 6.09 Å². The van der Waals surface area contributed by atoms with Crippen molar-refractivity contribution in [1.29, 1.82) is 0 Å². The van der Waals surface area contributed by atoms with Crippen molar-refractivity contribution in [1.82, 2.24) is 14.7 Å². The number of hydrogen-bond donors (Lipinski definition) is 0. The van der Waals surface area contributed by atoms with Gasteiger partial charge in [-0.05, 0) is 32.9 Å². The molecule has 1 amide bonds. The molecule has 7 heteroatoms. The summed E-state index contributed by atoms with van der Waals surface area (Å²) in [4.78, 5) is 13.6. The van der Waals surface area contributed by atoms with Gasteiger partial charge in [0.05, 0.1) is 13.1 Å². The second-order valence-corrected chi connectivity index (χ2v) is 7.59. The molecule has 0 radical (unpaired) electrons. The monoisotopic (exact) mass is 381 g/mol. The number of ether oxygens (including phenoxy) is 2. The largest absolute Gasteiger partial charge is 0.484 e. The van der Waals surface area contributed by atoms with Crippen molar-refractivity contribution in [3.8, 4) is 5.75 Å². The quantitative estimate of drug-likeness (QED) is 0.800. The van der Waals surface area contributed by atoms with Crippen molar-refractivity contribution >= 4 is 32.9 Å². The van der Waals surface area contributed by atoms with Crippen molar-refractivity contribution in [3.63, 3.8) is 0 Å². The summed E-state index contributed by atoms with van der Waals surface area (Å²) in [7, 11) is 1.88. The normalized spacial score (nSPS) is 15.6. The molecular formula is C16H20BrN3O3. The Morgan fingerprint density at radius 1 is 1.35 bits per heavy atom. The molecule has 1 aromatic carbocycles. The van der Waals surface area contributed by atoms with E-state index >= 15 is 0 Å². The van der Waals surface area contributed by atoms with Crippen LogP contribution in [0.15, 0.2) is 22.8 Å². The molecule has 0 spiro atoms. The number of nitrogens with zero attached hydrogens (tertiary/aromatic N) is 3. The highest BCUT2D eigenvalue weighted by atomic mass is 79.9. The van der Waals surface area contributed by atoms with Gasteiger partial charge in [0.1, 0.15) is 23.0 Å². The molecule has 124 valence electrons. The molecule has 0 N–H and O–H groups in total. The molecule has 1 aliphatic rings. The first-order valence-corrected chi connectivity index (χ1v) is 8.29. The fourth-order valence-corrected chi connectivity index (χ4v) is 2.85. The van der Waals surface area contributed by atoms with Gasteiger partial charge in [0.2, 0.25) is 0 Å². The number of halogens is 1. The first-order chi connectivity index (χ1) is 10.7. The zero-order valence-electron chi connectivity index (χ0n) is 13.7. The Balaban J connectivity index is 1.65. The Kier molecular flexibility index (Phi) is 4.00. The fourth-order valence-electron chi connectivity index (χ4n) is 2.43. The number of hydrogen-bond acceptors (Lipinski definition) is 4. The second kappa shape index (κ2) is 5.70. The van der Waals surface area contributed by atoms with Gasteiger partial charge in [0.25, 0.3) is 0 Å². The molecule has 0 aliphatic carbocycles. The van der Waals surface area contributed by atoms with Crippen LogP contribution in [0, 0.1) is 0 Å². The van der Waals surface area contributed by atoms with E-state index < -0.39 is 5.60 Å². The van der Waals surface area contributed by atoms with Crippen LogP contribution in [-0.4, -0.2) is 45.6 Å². The molecule has 3 rings (SSSR count). The third-order valence-electron chi connectivity index (χ3n) is 3.49. The smallest absolute Gasteiger partial charge is 0.410 e. The number of benzene rings is 1. The van der Waals surface area contributed by atoms with E-state index in [9.17, 15) is 4.79 Å². The fraction of sp³-hybridized carbons (Fsp3) is 0.500. The molecule has 2 heterocycles. The van der Waals surface area contributed by atoms with Gasteiger partial charge in [-0.2, -0.15) is 5.10 Å². The SMILES string of the molecule is Cn1cc2c(Br)ccc(OC3CN(C(=O)OC(C)(C)C)C3)c2n1. The number of fused-ring (bicyclic) bond motifs is 1. The van der Waals surface area contributed by atoms with Gasteiger partial charge in [0, 0.05) is 23.1 Å². The average Bonchev–Trinajstić information content (AvgIpc) is 2.76. The van der Waals surface area contributed by atoms with Gasteiger partial charge in [-0.3, -0.25) is 4.68 Å². The Morgan fingerprint density at radius 2 is 2.04 bits per heavy atom. The standard InChI is InChI=1S/C16H20BrN3O3/c1-16(2,3)23-15(21)20-7-10(8-20)22-13-6-5-12(17)11-9-19(4)18-14(11)13/h5-6,9-10H,7-8H2,1-4H3. The van der Waals surface area contributed by atoms with Gasteiger partial charge in [-0.25, -0.2) is 4.79 Å². The average molecular weight is 382 g/mol. The van der Waals surface area contributed by atoms with Crippen LogP contribution in [-0.2, 0) is 11.8 Å². The molecular weight excluding hydrogens is 362 g/mol. The highest BCUT2D eigenvalue weighted by molar-refractivity contribution is 9.10. The Hall–Kier alpha value is -1.76. The highest BCUT2D eigenvalue weighted by Gasteiger charge is 2.35. The molecule has 0 unspecified atom stereocenters. The highest BCUT2D eigenvalue weighted by Crippen LogP contribution is 2.32. The van der Waals surface area contributed by atoms with E-state index in [2.05, 4.69) is 21.0 Å². The first kappa shape index (κ1) is 16.1. The third kappa shape index (κ3) is 3.44. The van der Waals surface area contributed by atoms with E-state index in [4.69, 9.17) is 9.47 Å². The van der Waals surface area contributed by atoms with Crippen LogP contribution in [0.1, 0.15) is 20.8 Å². The molecule has 23 heavy (non-hydrogen) atoms. The van der Waals surface area contributed by atoms with E-state index in [1.54, 1.807) is 9.58 Å². The maximum atomic E-state index is 11.9. The molecule has 0 atom stereocenters. The van der Waals surface area contributed by atoms with Gasteiger partial charge < -0.3 is 14.4 Å². The summed E-state index contributed by atoms with van der Waals surface area (Å²) in [6.07, 6.45) is 1.62. The van der Waals surface area contributed by atoms with Gasteiger partial charge in [-0.1, -0.05) is 15.9 Å². The second-order valence-electron chi connectivity index (χ2n) is 6.74. The summed E-state index contributed by atoms with van der Waals surface area (Å²) in [5, 5.41) is 5.45. The molecule has 1 aliphatic heterocycles. The lowest BCUT2D eigenvalue weighted by Crippen LogP contribution is -2.57. The molecule has 6 nitrogen and oxygen atoms in total. The molecule has 1 saturated heterocycles. The predicted octanol–water partition coefficient (Wildman–Crippen LogP) is 3.33. The van der Waals surface area contributed by atoms with Crippen molar-refractivity contribution in [2.45, 2.75) is 32.5 Å². The van der Waals surface area contributed by atoms with E-state index in [1.807, 2.05) is 46.1 Å². The van der Waals surface area contributed by atoms with Crippen molar-refractivity contribution in [2.24, 2.45) is 7.05 Å². The van der Waals surface area contributed by atoms with Crippen LogP contribution in [0.4, 0.5) is 4.79 Å². The lowest BCUT2D eigenvalue weighted by molar-refractivity contribution is -0.0218. The minimum atomic E-state index is -0.477. The van der Waals surface area contributed by atoms with Crippen LogP contribution in [0.5, 0.6) is 5.75 Å². The maximum absolute atomic E-state index is 11.9. The zero-order chi connectivity index (χ0) is 16.8. The number of aryl methyl sites for hydroxylation is 1.